The van der Waals surface area contributed by atoms with E-state index in [1.54, 1.807) is 11.3 Å². The second-order valence-corrected chi connectivity index (χ2v) is 5.65. The Bertz CT molecular complexity index is 510. The van der Waals surface area contributed by atoms with Crippen LogP contribution >= 0.6 is 11.3 Å². The van der Waals surface area contributed by atoms with E-state index < -0.39 is 0 Å². The van der Waals surface area contributed by atoms with Gasteiger partial charge in [0.25, 0.3) is 0 Å². The molecule has 1 aromatic carbocycles. The summed E-state index contributed by atoms with van der Waals surface area (Å²) in [5.41, 5.74) is 1.16. The average Bonchev–Trinajstić information content (AvgIpc) is 2.86. The fourth-order valence-corrected chi connectivity index (χ4v) is 2.55. The Kier molecular flexibility index (Phi) is 5.36. The van der Waals surface area contributed by atoms with Gasteiger partial charge in [-0.1, -0.05) is 25.1 Å². The first kappa shape index (κ1) is 14.0. The zero-order chi connectivity index (χ0) is 13.5. The third-order valence-corrected chi connectivity index (χ3v) is 3.74. The molecule has 102 valence electrons. The molecule has 0 radical (unpaired) electrons. The fraction of sp³-hybridized carbons (Fsp3) is 0.400. The van der Waals surface area contributed by atoms with Gasteiger partial charge in [0, 0.05) is 17.6 Å². The highest BCUT2D eigenvalue weighted by atomic mass is 32.1. The molecule has 1 N–H and O–H groups in total. The smallest absolute Gasteiger partial charge is 0.140 e. The van der Waals surface area contributed by atoms with Gasteiger partial charge in [0.15, 0.2) is 0 Å². The fourth-order valence-electron chi connectivity index (χ4n) is 1.74. The SMILES string of the molecule is CCCNCc1cnc(COc2ccccc2C)s1. The number of nitrogens with one attached hydrogen (secondary N) is 1. The lowest BCUT2D eigenvalue weighted by Gasteiger charge is -2.06. The molecule has 0 bridgehead atoms. The number of para-hydroxylation sites is 1. The van der Waals surface area contributed by atoms with Crippen LogP contribution in [0, 0.1) is 6.92 Å². The minimum atomic E-state index is 0.545. The summed E-state index contributed by atoms with van der Waals surface area (Å²) in [6.07, 6.45) is 3.09. The Hall–Kier alpha value is -1.39. The Labute approximate surface area is 118 Å². The Morgan fingerprint density at radius 3 is 2.95 bits per heavy atom. The van der Waals surface area contributed by atoms with Gasteiger partial charge in [-0.05, 0) is 31.5 Å². The van der Waals surface area contributed by atoms with Crippen LogP contribution in [-0.2, 0) is 13.2 Å². The standard InChI is InChI=1S/C15H20N2OS/c1-3-8-16-9-13-10-17-15(19-13)11-18-14-7-5-4-6-12(14)2/h4-7,10,16H,3,8-9,11H2,1-2H3. The van der Waals surface area contributed by atoms with Gasteiger partial charge >= 0.3 is 0 Å². The molecule has 4 heteroatoms. The van der Waals surface area contributed by atoms with Crippen LogP contribution in [0.2, 0.25) is 0 Å². The summed E-state index contributed by atoms with van der Waals surface area (Å²) in [6, 6.07) is 8.05. The highest BCUT2D eigenvalue weighted by Crippen LogP contribution is 2.19. The van der Waals surface area contributed by atoms with Crippen molar-refractivity contribution in [2.75, 3.05) is 6.54 Å². The molecule has 1 heterocycles. The number of ether oxygens (including phenoxy) is 1. The summed E-state index contributed by atoms with van der Waals surface area (Å²) in [6.45, 7) is 6.71. The number of aryl methyl sites for hydroxylation is 1. The first-order chi connectivity index (χ1) is 9.29. The van der Waals surface area contributed by atoms with Crippen molar-refractivity contribution in [1.82, 2.24) is 10.3 Å². The summed E-state index contributed by atoms with van der Waals surface area (Å²) in [4.78, 5) is 5.65. The number of aromatic nitrogens is 1. The maximum atomic E-state index is 5.79. The number of benzene rings is 1. The van der Waals surface area contributed by atoms with E-state index >= 15 is 0 Å². The molecular weight excluding hydrogens is 256 g/mol. The van der Waals surface area contributed by atoms with Gasteiger partial charge in [0.1, 0.15) is 17.4 Å². The molecular formula is C15H20N2OS. The number of nitrogens with zero attached hydrogens (tertiary/aromatic N) is 1. The first-order valence-electron chi connectivity index (χ1n) is 6.62. The number of hydrogen-bond acceptors (Lipinski definition) is 4. The highest BCUT2D eigenvalue weighted by molar-refractivity contribution is 7.11. The van der Waals surface area contributed by atoms with Crippen molar-refractivity contribution in [3.63, 3.8) is 0 Å². The molecule has 2 rings (SSSR count). The number of rotatable bonds is 7. The van der Waals surface area contributed by atoms with Crippen molar-refractivity contribution >= 4 is 11.3 Å². The monoisotopic (exact) mass is 276 g/mol. The first-order valence-corrected chi connectivity index (χ1v) is 7.44. The summed E-state index contributed by atoms with van der Waals surface area (Å²) < 4.78 is 5.79. The lowest BCUT2D eigenvalue weighted by atomic mass is 10.2. The van der Waals surface area contributed by atoms with E-state index in [0.29, 0.717) is 6.61 Å². The Balaban J connectivity index is 1.85. The minimum absolute atomic E-state index is 0.545. The van der Waals surface area contributed by atoms with Crippen LogP contribution in [0.15, 0.2) is 30.5 Å². The Morgan fingerprint density at radius 1 is 1.32 bits per heavy atom. The van der Waals surface area contributed by atoms with E-state index in [1.165, 1.54) is 4.88 Å². The van der Waals surface area contributed by atoms with Crippen LogP contribution < -0.4 is 10.1 Å². The molecule has 19 heavy (non-hydrogen) atoms. The van der Waals surface area contributed by atoms with Crippen LogP contribution in [0.3, 0.4) is 0 Å². The molecule has 0 aliphatic carbocycles. The van der Waals surface area contributed by atoms with E-state index in [9.17, 15) is 0 Å². The number of hydrogen-bond donors (Lipinski definition) is 1. The molecule has 0 spiro atoms. The van der Waals surface area contributed by atoms with Crippen molar-refractivity contribution in [1.29, 1.82) is 0 Å². The topological polar surface area (TPSA) is 34.2 Å². The molecule has 0 saturated carbocycles. The van der Waals surface area contributed by atoms with Crippen molar-refractivity contribution in [2.24, 2.45) is 0 Å². The van der Waals surface area contributed by atoms with Gasteiger partial charge in [-0.3, -0.25) is 0 Å². The van der Waals surface area contributed by atoms with Gasteiger partial charge in [-0.15, -0.1) is 11.3 Å². The molecule has 0 amide bonds. The second-order valence-electron chi connectivity index (χ2n) is 4.45. The van der Waals surface area contributed by atoms with E-state index in [1.807, 2.05) is 24.4 Å². The molecule has 2 aromatic rings. The normalized spacial score (nSPS) is 10.6. The summed E-state index contributed by atoms with van der Waals surface area (Å²) in [5.74, 6) is 0.934. The maximum absolute atomic E-state index is 5.79. The zero-order valence-electron chi connectivity index (χ0n) is 11.5. The van der Waals surface area contributed by atoms with Crippen molar-refractivity contribution < 1.29 is 4.74 Å². The van der Waals surface area contributed by atoms with E-state index in [2.05, 4.69) is 30.2 Å². The van der Waals surface area contributed by atoms with Crippen LogP contribution in [-0.4, -0.2) is 11.5 Å². The average molecular weight is 276 g/mol. The van der Waals surface area contributed by atoms with Gasteiger partial charge in [-0.2, -0.15) is 0 Å². The van der Waals surface area contributed by atoms with Gasteiger partial charge in [0.2, 0.25) is 0 Å². The van der Waals surface area contributed by atoms with Crippen LogP contribution in [0.25, 0.3) is 0 Å². The summed E-state index contributed by atoms with van der Waals surface area (Å²) in [7, 11) is 0. The summed E-state index contributed by atoms with van der Waals surface area (Å²) >= 11 is 1.71. The second kappa shape index (κ2) is 7.26. The minimum Gasteiger partial charge on any atom is -0.486 e. The van der Waals surface area contributed by atoms with E-state index in [4.69, 9.17) is 4.74 Å². The molecule has 0 unspecified atom stereocenters. The van der Waals surface area contributed by atoms with Crippen LogP contribution in [0.1, 0.15) is 28.8 Å². The molecule has 1 aromatic heterocycles. The van der Waals surface area contributed by atoms with Crippen LogP contribution in [0.4, 0.5) is 0 Å². The van der Waals surface area contributed by atoms with E-state index in [-0.39, 0.29) is 0 Å². The maximum Gasteiger partial charge on any atom is 0.140 e. The molecule has 0 aliphatic rings. The zero-order valence-corrected chi connectivity index (χ0v) is 12.3. The van der Waals surface area contributed by atoms with Gasteiger partial charge in [0.05, 0.1) is 0 Å². The third kappa shape index (κ3) is 4.33. The van der Waals surface area contributed by atoms with Crippen LogP contribution in [0.5, 0.6) is 5.75 Å². The molecule has 0 aliphatic heterocycles. The van der Waals surface area contributed by atoms with Gasteiger partial charge in [-0.25, -0.2) is 4.98 Å². The third-order valence-electron chi connectivity index (χ3n) is 2.77. The van der Waals surface area contributed by atoms with E-state index in [0.717, 1.165) is 35.8 Å². The van der Waals surface area contributed by atoms with Crippen molar-refractivity contribution in [3.8, 4) is 5.75 Å². The number of thiazole rings is 1. The van der Waals surface area contributed by atoms with Crippen molar-refractivity contribution in [3.05, 3.63) is 45.9 Å². The predicted molar refractivity (Wildman–Crippen MR) is 79.6 cm³/mol. The molecule has 0 saturated heterocycles. The largest absolute Gasteiger partial charge is 0.486 e. The lowest BCUT2D eigenvalue weighted by molar-refractivity contribution is 0.303. The highest BCUT2D eigenvalue weighted by Gasteiger charge is 2.04. The predicted octanol–water partition coefficient (Wildman–Crippen LogP) is 3.53. The molecule has 3 nitrogen and oxygen atoms in total. The molecule has 0 fully saturated rings. The lowest BCUT2D eigenvalue weighted by Crippen LogP contribution is -2.12. The molecule has 0 atom stereocenters. The van der Waals surface area contributed by atoms with Crippen molar-refractivity contribution in [2.45, 2.75) is 33.4 Å². The Morgan fingerprint density at radius 2 is 2.16 bits per heavy atom. The van der Waals surface area contributed by atoms with Gasteiger partial charge < -0.3 is 10.1 Å². The summed E-state index contributed by atoms with van der Waals surface area (Å²) in [5, 5.41) is 4.40. The quantitative estimate of drug-likeness (QED) is 0.786.